The van der Waals surface area contributed by atoms with Crippen LogP contribution in [0.4, 0.5) is 0 Å². The van der Waals surface area contributed by atoms with E-state index in [0.717, 1.165) is 10.1 Å². The molecule has 0 N–H and O–H groups in total. The van der Waals surface area contributed by atoms with Gasteiger partial charge in [-0.15, -0.1) is 0 Å². The summed E-state index contributed by atoms with van der Waals surface area (Å²) in [5.41, 5.74) is 0. The predicted octanol–water partition coefficient (Wildman–Crippen LogP) is -5.63. The summed E-state index contributed by atoms with van der Waals surface area (Å²) < 4.78 is 0. The molecule has 18 valence electrons. The minimum atomic E-state index is 0. The zero-order valence-corrected chi connectivity index (χ0v) is 6.58. The average molecular weight is 95.9 g/mol. The van der Waals surface area contributed by atoms with Crippen LogP contribution in [0, 0.1) is 0 Å². The monoisotopic (exact) mass is 96.0 g/mol. The van der Waals surface area contributed by atoms with Crippen LogP contribution in [0.1, 0.15) is 1.43 Å². The third-order valence-corrected chi connectivity index (χ3v) is 0. The Morgan fingerprint density at radius 2 is 1.50 bits per heavy atom. The molecule has 0 aliphatic carbocycles. The minimum Gasteiger partial charge on any atom is -1.00 e. The van der Waals surface area contributed by atoms with E-state index in [1.54, 1.807) is 0 Å². The van der Waals surface area contributed by atoms with Crippen molar-refractivity contribution in [2.45, 2.75) is 0 Å². The van der Waals surface area contributed by atoms with E-state index in [1.165, 1.54) is 0 Å². The molecule has 0 aromatic rings. The van der Waals surface area contributed by atoms with Gasteiger partial charge in [0.15, 0.2) is 17.4 Å². The second kappa shape index (κ2) is 21.3. The molecule has 0 fully saturated rings. The second-order valence-corrected chi connectivity index (χ2v) is 0. The SMILES string of the molecule is [AlH3].[B][SiH3].[H-].[Na+]. The van der Waals surface area contributed by atoms with Gasteiger partial charge in [0.2, 0.25) is 0 Å². The molecule has 0 aromatic heterocycles. The van der Waals surface area contributed by atoms with Crippen molar-refractivity contribution in [1.29, 1.82) is 0 Å². The van der Waals surface area contributed by atoms with Gasteiger partial charge in [0.25, 0.3) is 0 Å². The zero-order chi connectivity index (χ0) is 2.00. The molecule has 0 heterocycles. The Balaban J connectivity index is -0.00000000167. The van der Waals surface area contributed by atoms with Crippen molar-refractivity contribution in [3.63, 3.8) is 0 Å². The topological polar surface area (TPSA) is 0 Å². The van der Waals surface area contributed by atoms with Crippen molar-refractivity contribution in [3.8, 4) is 0 Å². The van der Waals surface area contributed by atoms with E-state index in [9.17, 15) is 0 Å². The summed E-state index contributed by atoms with van der Waals surface area (Å²) in [4.78, 5) is 0. The summed E-state index contributed by atoms with van der Waals surface area (Å²) in [5, 5.41) is 0. The second-order valence-electron chi connectivity index (χ2n) is 0. The van der Waals surface area contributed by atoms with Crippen LogP contribution in [0.25, 0.3) is 0 Å². The van der Waals surface area contributed by atoms with Crippen LogP contribution in [-0.4, -0.2) is 34.9 Å². The summed E-state index contributed by atoms with van der Waals surface area (Å²) in [6.45, 7) is 0. The van der Waals surface area contributed by atoms with Crippen LogP contribution in [0.15, 0.2) is 0 Å². The van der Waals surface area contributed by atoms with E-state index in [-0.39, 0.29) is 48.3 Å². The molecule has 2 radical (unpaired) electrons. The molecule has 0 aliphatic heterocycles. The largest absolute Gasteiger partial charge is 1.00 e. The fourth-order valence-electron chi connectivity index (χ4n) is 0. The van der Waals surface area contributed by atoms with Gasteiger partial charge in [0.1, 0.15) is 0 Å². The molecule has 0 atom stereocenters. The first-order valence-corrected chi connectivity index (χ1v) is 1.73. The molecule has 0 aliphatic rings. The Morgan fingerprint density at radius 3 is 1.50 bits per heavy atom. The van der Waals surface area contributed by atoms with Gasteiger partial charge in [0, 0.05) is 7.44 Å². The van der Waals surface area contributed by atoms with Crippen molar-refractivity contribution in [2.24, 2.45) is 0 Å². The van der Waals surface area contributed by atoms with Crippen LogP contribution in [0.5, 0.6) is 0 Å². The number of hydrogen-bond acceptors (Lipinski definition) is 0. The predicted molar refractivity (Wildman–Crippen MR) is 26.7 cm³/mol. The fraction of sp³-hybridized carbons (Fsp3) is 0. The standard InChI is InChI=1S/Al.BH3Si.Na.4H/c;1-2;;;;;/h;2H3;;;;;/q;;+1;;;;-1. The first kappa shape index (κ1) is 17.0. The van der Waals surface area contributed by atoms with E-state index in [0.29, 0.717) is 0 Å². The van der Waals surface area contributed by atoms with Crippen LogP contribution in [0.2, 0.25) is 0 Å². The molecule has 0 saturated carbocycles. The summed E-state index contributed by atoms with van der Waals surface area (Å²) >= 11 is 0. The smallest absolute Gasteiger partial charge is 1.00 e. The fourth-order valence-corrected chi connectivity index (χ4v) is 0. The van der Waals surface area contributed by atoms with Gasteiger partial charge in [-0.1, -0.05) is 0 Å². The molecule has 4 heteroatoms. The van der Waals surface area contributed by atoms with Gasteiger partial charge in [-0.2, -0.15) is 0 Å². The van der Waals surface area contributed by atoms with Crippen molar-refractivity contribution in [2.75, 3.05) is 0 Å². The molecule has 0 nitrogen and oxygen atoms in total. The van der Waals surface area contributed by atoms with Crippen molar-refractivity contribution < 1.29 is 31.0 Å². The molecule has 0 bridgehead atoms. The molecule has 0 unspecified atom stereocenters. The van der Waals surface area contributed by atoms with Gasteiger partial charge in [-0.3, -0.25) is 0 Å². The van der Waals surface area contributed by atoms with Crippen LogP contribution in [0.3, 0.4) is 0 Å². The molecule has 0 spiro atoms. The van der Waals surface area contributed by atoms with Crippen LogP contribution < -0.4 is 29.6 Å². The number of rotatable bonds is 0. The van der Waals surface area contributed by atoms with E-state index in [1.807, 2.05) is 0 Å². The normalized spacial score (nSPS) is 2.00. The van der Waals surface area contributed by atoms with Crippen LogP contribution >= 0.6 is 0 Å². The Kier molecular flexibility index (Phi) is 90.5. The molecule has 0 aromatic carbocycles. The molecule has 0 rings (SSSR count). The Hall–Kier alpha value is 1.81. The van der Waals surface area contributed by atoms with E-state index < -0.39 is 0 Å². The zero-order valence-electron chi connectivity index (χ0n) is 3.58. The summed E-state index contributed by atoms with van der Waals surface area (Å²) in [7, 11) is 5.44. The van der Waals surface area contributed by atoms with Crippen molar-refractivity contribution >= 4 is 34.9 Å². The van der Waals surface area contributed by atoms with Crippen LogP contribution in [-0.2, 0) is 0 Å². The maximum atomic E-state index is 4.64. The van der Waals surface area contributed by atoms with Gasteiger partial charge < -0.3 is 1.43 Å². The summed E-state index contributed by atoms with van der Waals surface area (Å²) in [6.07, 6.45) is 0. The molecule has 0 amide bonds. The molecular formula is H7AlBNaSi. The quantitative estimate of drug-likeness (QED) is 0.264. The number of hydrogen-bond donors (Lipinski definition) is 0. The van der Waals surface area contributed by atoms with Crippen molar-refractivity contribution in [1.82, 2.24) is 0 Å². The first-order chi connectivity index (χ1) is 1.00. The third kappa shape index (κ3) is 9.18. The van der Waals surface area contributed by atoms with E-state index in [2.05, 4.69) is 7.44 Å². The van der Waals surface area contributed by atoms with E-state index >= 15 is 0 Å². The maximum Gasteiger partial charge on any atom is 1.00 e. The minimum absolute atomic E-state index is 0. The van der Waals surface area contributed by atoms with E-state index in [4.69, 9.17) is 0 Å². The van der Waals surface area contributed by atoms with Gasteiger partial charge in [-0.05, 0) is 10.1 Å². The molecular weight excluding hydrogens is 88.9 g/mol. The van der Waals surface area contributed by atoms with Crippen molar-refractivity contribution in [3.05, 3.63) is 0 Å². The summed E-state index contributed by atoms with van der Waals surface area (Å²) in [5.74, 6) is 0. The molecule has 4 heavy (non-hydrogen) atoms. The average Bonchev–Trinajstić information content (AvgIpc) is 1.00. The maximum absolute atomic E-state index is 4.64. The van der Waals surface area contributed by atoms with Gasteiger partial charge in [-0.25, -0.2) is 0 Å². The molecule has 0 saturated heterocycles. The summed E-state index contributed by atoms with van der Waals surface area (Å²) in [6, 6.07) is 0. The Labute approximate surface area is 65.4 Å². The van der Waals surface area contributed by atoms with Gasteiger partial charge >= 0.3 is 29.6 Å². The first-order valence-electron chi connectivity index (χ1n) is 0.577. The Morgan fingerprint density at radius 1 is 1.50 bits per heavy atom. The third-order valence-electron chi connectivity index (χ3n) is 0. The van der Waals surface area contributed by atoms with Gasteiger partial charge in [0.05, 0.1) is 0 Å². The Bertz CT molecular complexity index is 11.6.